The van der Waals surface area contributed by atoms with E-state index in [4.69, 9.17) is 4.74 Å². The third-order valence-electron chi connectivity index (χ3n) is 4.00. The predicted octanol–water partition coefficient (Wildman–Crippen LogP) is 0.611. The Kier molecular flexibility index (Phi) is 3.06. The minimum absolute atomic E-state index is 0.0231. The van der Waals surface area contributed by atoms with Gasteiger partial charge in [0.2, 0.25) is 0 Å². The van der Waals surface area contributed by atoms with E-state index in [-0.39, 0.29) is 19.7 Å². The van der Waals surface area contributed by atoms with Crippen molar-refractivity contribution in [2.75, 3.05) is 19.7 Å². The molecule has 1 aliphatic heterocycles. The van der Waals surface area contributed by atoms with E-state index in [0.717, 1.165) is 6.42 Å². The second kappa shape index (κ2) is 4.28. The molecule has 0 atom stereocenters. The largest absolute Gasteiger partial charge is 0.481 e. The topological polar surface area (TPSA) is 87.1 Å². The van der Waals surface area contributed by atoms with Crippen molar-refractivity contribution in [2.24, 2.45) is 5.41 Å². The first-order chi connectivity index (χ1) is 8.45. The fourth-order valence-corrected chi connectivity index (χ4v) is 2.65. The Morgan fingerprint density at radius 1 is 1.39 bits per heavy atom. The summed E-state index contributed by atoms with van der Waals surface area (Å²) in [5, 5.41) is 19.6. The molecule has 2 N–H and O–H groups in total. The summed E-state index contributed by atoms with van der Waals surface area (Å²) >= 11 is 0. The maximum atomic E-state index is 11.5. The smallest absolute Gasteiger partial charge is 0.410 e. The number of hydrogen-bond acceptors (Lipinski definition) is 4. The first-order valence-electron chi connectivity index (χ1n) is 5.94. The van der Waals surface area contributed by atoms with Crippen LogP contribution in [0, 0.1) is 5.41 Å². The molecule has 0 unspecified atom stereocenters. The molecule has 1 amide bonds. The van der Waals surface area contributed by atoms with Crippen molar-refractivity contribution < 1.29 is 24.5 Å². The number of aliphatic carboxylic acids is 1. The molecule has 0 bridgehead atoms. The molecule has 2 rings (SSSR count). The molecule has 18 heavy (non-hydrogen) atoms. The summed E-state index contributed by atoms with van der Waals surface area (Å²) in [5.41, 5.74) is -2.40. The lowest BCUT2D eigenvalue weighted by Crippen LogP contribution is -2.74. The zero-order chi connectivity index (χ0) is 13.4. The molecule has 6 nitrogen and oxygen atoms in total. The number of β-amino-alcohol motifs (C(OH)–C–C–N with tert-alkyl or cyclic N) is 1. The zero-order valence-electron chi connectivity index (χ0n) is 10.1. The molecule has 1 heterocycles. The van der Waals surface area contributed by atoms with Gasteiger partial charge in [0.1, 0.15) is 12.2 Å². The van der Waals surface area contributed by atoms with Crippen molar-refractivity contribution in [1.29, 1.82) is 0 Å². The van der Waals surface area contributed by atoms with E-state index in [2.05, 4.69) is 6.58 Å². The Labute approximate surface area is 105 Å². The number of carbonyl (C=O) groups is 2. The summed E-state index contributed by atoms with van der Waals surface area (Å²) in [6.45, 7) is 3.58. The minimum Gasteiger partial charge on any atom is -0.481 e. The monoisotopic (exact) mass is 255 g/mol. The van der Waals surface area contributed by atoms with Gasteiger partial charge in [-0.1, -0.05) is 19.1 Å². The number of carbonyl (C=O) groups excluding carboxylic acids is 1. The van der Waals surface area contributed by atoms with E-state index < -0.39 is 23.1 Å². The lowest BCUT2D eigenvalue weighted by Gasteiger charge is -2.57. The molecule has 0 aromatic carbocycles. The van der Waals surface area contributed by atoms with Crippen LogP contribution in [0.4, 0.5) is 4.79 Å². The second-order valence-corrected chi connectivity index (χ2v) is 4.99. The Hall–Kier alpha value is -1.56. The number of likely N-dealkylation sites (tertiary alicyclic amines) is 1. The van der Waals surface area contributed by atoms with Crippen LogP contribution >= 0.6 is 0 Å². The maximum absolute atomic E-state index is 11.5. The van der Waals surface area contributed by atoms with Crippen LogP contribution in [0.25, 0.3) is 0 Å². The number of hydrogen-bond donors (Lipinski definition) is 2. The van der Waals surface area contributed by atoms with Gasteiger partial charge in [-0.3, -0.25) is 4.79 Å². The van der Waals surface area contributed by atoms with E-state index in [1.165, 1.54) is 11.0 Å². The summed E-state index contributed by atoms with van der Waals surface area (Å²) in [5.74, 6) is -0.977. The standard InChI is InChI=1S/C12H17NO5/c1-2-6-18-10(16)13-7-12(17,8-13)11(9(14)15)4-3-5-11/h2,17H,1,3-8H2,(H,14,15). The van der Waals surface area contributed by atoms with Gasteiger partial charge in [0.25, 0.3) is 0 Å². The van der Waals surface area contributed by atoms with E-state index in [1.54, 1.807) is 0 Å². The molecule has 2 fully saturated rings. The van der Waals surface area contributed by atoms with Crippen LogP contribution in [0.15, 0.2) is 12.7 Å². The van der Waals surface area contributed by atoms with Crippen molar-refractivity contribution in [2.45, 2.75) is 24.9 Å². The normalized spacial score (nSPS) is 23.5. The van der Waals surface area contributed by atoms with Gasteiger partial charge in [-0.2, -0.15) is 0 Å². The highest BCUT2D eigenvalue weighted by Crippen LogP contribution is 2.53. The van der Waals surface area contributed by atoms with Crippen LogP contribution in [-0.2, 0) is 9.53 Å². The highest BCUT2D eigenvalue weighted by molar-refractivity contribution is 5.79. The third-order valence-corrected chi connectivity index (χ3v) is 4.00. The molecular weight excluding hydrogens is 238 g/mol. The van der Waals surface area contributed by atoms with Gasteiger partial charge in [0.15, 0.2) is 0 Å². The minimum atomic E-state index is -1.32. The molecule has 2 aliphatic rings. The summed E-state index contributed by atoms with van der Waals surface area (Å²) in [7, 11) is 0. The number of aliphatic hydroxyl groups is 1. The van der Waals surface area contributed by atoms with E-state index in [1.807, 2.05) is 0 Å². The molecule has 1 saturated carbocycles. The molecule has 1 aliphatic carbocycles. The van der Waals surface area contributed by atoms with E-state index in [0.29, 0.717) is 12.8 Å². The van der Waals surface area contributed by atoms with Crippen LogP contribution in [0.3, 0.4) is 0 Å². The highest BCUT2D eigenvalue weighted by Gasteiger charge is 2.65. The molecule has 1 saturated heterocycles. The van der Waals surface area contributed by atoms with Crippen molar-refractivity contribution >= 4 is 12.1 Å². The van der Waals surface area contributed by atoms with E-state index >= 15 is 0 Å². The molecular formula is C12H17NO5. The Balaban J connectivity index is 1.96. The first kappa shape index (κ1) is 12.9. The molecule has 0 aromatic heterocycles. The van der Waals surface area contributed by atoms with Crippen LogP contribution in [-0.4, -0.2) is 52.5 Å². The van der Waals surface area contributed by atoms with Gasteiger partial charge >= 0.3 is 12.1 Å². The summed E-state index contributed by atoms with van der Waals surface area (Å²) in [6, 6.07) is 0. The quantitative estimate of drug-likeness (QED) is 0.719. The van der Waals surface area contributed by atoms with Gasteiger partial charge in [-0.05, 0) is 12.8 Å². The fraction of sp³-hybridized carbons (Fsp3) is 0.667. The van der Waals surface area contributed by atoms with Gasteiger partial charge in [-0.15, -0.1) is 0 Å². The van der Waals surface area contributed by atoms with Crippen LogP contribution in [0.2, 0.25) is 0 Å². The molecule has 6 heteroatoms. The number of carboxylic acids is 1. The number of nitrogens with zero attached hydrogens (tertiary/aromatic N) is 1. The molecule has 0 aromatic rings. The SMILES string of the molecule is C=CCOC(=O)N1CC(O)(C2(C(=O)O)CCC2)C1. The molecule has 0 spiro atoms. The predicted molar refractivity (Wildman–Crippen MR) is 62.0 cm³/mol. The molecule has 100 valence electrons. The first-order valence-corrected chi connectivity index (χ1v) is 5.94. The summed E-state index contributed by atoms with van der Waals surface area (Å²) in [4.78, 5) is 24.1. The van der Waals surface area contributed by atoms with Crippen molar-refractivity contribution in [1.82, 2.24) is 4.90 Å². The van der Waals surface area contributed by atoms with E-state index in [9.17, 15) is 19.8 Å². The Bertz CT molecular complexity index is 382. The fourth-order valence-electron chi connectivity index (χ4n) is 2.65. The molecule has 0 radical (unpaired) electrons. The maximum Gasteiger partial charge on any atom is 0.410 e. The van der Waals surface area contributed by atoms with Crippen molar-refractivity contribution in [3.63, 3.8) is 0 Å². The Morgan fingerprint density at radius 2 is 2.00 bits per heavy atom. The number of ether oxygens (including phenoxy) is 1. The van der Waals surface area contributed by atoms with Crippen LogP contribution in [0.5, 0.6) is 0 Å². The lowest BCUT2D eigenvalue weighted by atomic mass is 9.56. The summed E-state index contributed by atoms with van der Waals surface area (Å²) in [6.07, 6.45) is 2.65. The third kappa shape index (κ3) is 1.68. The van der Waals surface area contributed by atoms with Gasteiger partial charge in [0, 0.05) is 0 Å². The highest BCUT2D eigenvalue weighted by atomic mass is 16.6. The number of rotatable bonds is 4. The average molecular weight is 255 g/mol. The summed E-state index contributed by atoms with van der Waals surface area (Å²) < 4.78 is 4.82. The van der Waals surface area contributed by atoms with Gasteiger partial charge in [-0.25, -0.2) is 4.79 Å². The Morgan fingerprint density at radius 3 is 2.39 bits per heavy atom. The average Bonchev–Trinajstić information content (AvgIpc) is 2.19. The van der Waals surface area contributed by atoms with Gasteiger partial charge in [0.05, 0.1) is 18.5 Å². The number of amides is 1. The van der Waals surface area contributed by atoms with Crippen LogP contribution in [0.1, 0.15) is 19.3 Å². The zero-order valence-corrected chi connectivity index (χ0v) is 10.1. The lowest BCUT2D eigenvalue weighted by molar-refractivity contribution is -0.214. The van der Waals surface area contributed by atoms with Gasteiger partial charge < -0.3 is 19.8 Å². The number of carboxylic acid groups (broad SMARTS) is 1. The van der Waals surface area contributed by atoms with Crippen LogP contribution < -0.4 is 0 Å². The van der Waals surface area contributed by atoms with Crippen molar-refractivity contribution in [3.8, 4) is 0 Å². The second-order valence-electron chi connectivity index (χ2n) is 4.99. The van der Waals surface area contributed by atoms with Crippen molar-refractivity contribution in [3.05, 3.63) is 12.7 Å².